The van der Waals surface area contributed by atoms with E-state index in [0.29, 0.717) is 0 Å². The topological polar surface area (TPSA) is 200 Å². The Balaban J connectivity index is 2.00. The highest BCUT2D eigenvalue weighted by molar-refractivity contribution is 7.98. The summed E-state index contributed by atoms with van der Waals surface area (Å²) in [6.07, 6.45) is -2.05. The third-order valence-corrected chi connectivity index (χ3v) is 5.39. The van der Waals surface area contributed by atoms with Crippen molar-refractivity contribution in [2.45, 2.75) is 30.8 Å². The lowest BCUT2D eigenvalue weighted by molar-refractivity contribution is -0.0560. The van der Waals surface area contributed by atoms with E-state index in [-0.39, 0.29) is 22.7 Å². The maximum absolute atomic E-state index is 12.6. The molecule has 0 saturated carbocycles. The molecule has 12 nitrogen and oxygen atoms in total. The molecule has 2 aromatic heterocycles. The summed E-state index contributed by atoms with van der Waals surface area (Å²) in [5, 5.41) is 29.7. The molecule has 3 heterocycles. The molecule has 0 radical (unpaired) electrons. The molecule has 1 aliphatic rings. The van der Waals surface area contributed by atoms with Crippen LogP contribution in [-0.2, 0) is 4.74 Å². The number of amides is 1. The molecule has 1 saturated heterocycles. The van der Waals surface area contributed by atoms with E-state index in [1.54, 1.807) is 0 Å². The lowest BCUT2D eigenvalue weighted by Crippen LogP contribution is -2.47. The number of nitrogens with zero attached hydrogens (tertiary/aromatic N) is 4. The first-order valence-electron chi connectivity index (χ1n) is 7.81. The Labute approximate surface area is 156 Å². The monoisotopic (exact) mass is 398 g/mol. The zero-order valence-corrected chi connectivity index (χ0v) is 15.0. The van der Waals surface area contributed by atoms with Gasteiger partial charge < -0.3 is 31.5 Å². The minimum Gasteiger partial charge on any atom is -0.394 e. The van der Waals surface area contributed by atoms with Gasteiger partial charge in [-0.2, -0.15) is 0 Å². The van der Waals surface area contributed by atoms with Crippen LogP contribution in [0.5, 0.6) is 0 Å². The van der Waals surface area contributed by atoms with Gasteiger partial charge in [-0.1, -0.05) is 0 Å². The van der Waals surface area contributed by atoms with Crippen LogP contribution in [0.3, 0.4) is 0 Å². The van der Waals surface area contributed by atoms with Crippen LogP contribution in [0.2, 0.25) is 0 Å². The number of hydrogen-bond donors (Lipinski definition) is 5. The number of fused-ring (bicyclic) bond motifs is 1. The number of nitrogens with two attached hydrogens (primary N) is 2. The molecule has 0 aromatic carbocycles. The van der Waals surface area contributed by atoms with E-state index in [4.69, 9.17) is 16.2 Å². The maximum Gasteiger partial charge on any atom is 0.294 e. The number of nitrogen functional groups attached to an aromatic ring is 1. The van der Waals surface area contributed by atoms with Gasteiger partial charge in [0.2, 0.25) is 0 Å². The summed E-state index contributed by atoms with van der Waals surface area (Å²) in [5.74, 6) is -1.10. The van der Waals surface area contributed by atoms with E-state index < -0.39 is 47.7 Å². The van der Waals surface area contributed by atoms with Crippen LogP contribution in [0.25, 0.3) is 11.2 Å². The molecule has 2 aromatic rings. The quantitative estimate of drug-likeness (QED) is 0.349. The van der Waals surface area contributed by atoms with Gasteiger partial charge in [-0.05, 0) is 18.9 Å². The van der Waals surface area contributed by atoms with Gasteiger partial charge >= 0.3 is 0 Å². The number of aliphatic hydroxyl groups is 3. The number of hydrogen-bond acceptors (Lipinski definition) is 11. The first kappa shape index (κ1) is 19.4. The Hall–Kier alpha value is -2.32. The smallest absolute Gasteiger partial charge is 0.294 e. The summed E-state index contributed by atoms with van der Waals surface area (Å²) in [6.45, 7) is 0.882. The summed E-state index contributed by atoms with van der Waals surface area (Å²) in [7, 11) is 0. The average Bonchev–Trinajstić information content (AvgIpc) is 2.83. The molecular formula is C14H18N6O6S. The second-order valence-corrected chi connectivity index (χ2v) is 7.12. The van der Waals surface area contributed by atoms with Crippen molar-refractivity contribution < 1.29 is 24.9 Å². The SMILES string of the molecule is CC1(O)C(CSn2c(=O)c(C(N)=O)nc3c(N)ncnc32)OC(CO)C1O. The van der Waals surface area contributed by atoms with Crippen molar-refractivity contribution in [1.82, 2.24) is 18.9 Å². The van der Waals surface area contributed by atoms with Gasteiger partial charge in [0.1, 0.15) is 24.1 Å². The molecule has 1 fully saturated rings. The van der Waals surface area contributed by atoms with Crippen LogP contribution in [0.1, 0.15) is 17.4 Å². The predicted molar refractivity (Wildman–Crippen MR) is 94.8 cm³/mol. The molecule has 7 N–H and O–H groups in total. The van der Waals surface area contributed by atoms with Crippen LogP contribution in [-0.4, -0.2) is 76.4 Å². The number of anilines is 1. The number of carbonyl (C=O) groups excluding carboxylic acids is 1. The highest BCUT2D eigenvalue weighted by Crippen LogP contribution is 2.33. The first-order valence-corrected chi connectivity index (χ1v) is 8.75. The number of aliphatic hydroxyl groups excluding tert-OH is 2. The lowest BCUT2D eigenvalue weighted by atomic mass is 9.94. The molecule has 0 aliphatic carbocycles. The molecule has 3 rings (SSSR count). The fraction of sp³-hybridized carbons (Fsp3) is 0.500. The highest BCUT2D eigenvalue weighted by Gasteiger charge is 2.51. The molecule has 4 unspecified atom stereocenters. The van der Waals surface area contributed by atoms with Crippen molar-refractivity contribution in [3.8, 4) is 0 Å². The van der Waals surface area contributed by atoms with Crippen LogP contribution in [0, 0.1) is 0 Å². The van der Waals surface area contributed by atoms with Gasteiger partial charge in [-0.3, -0.25) is 9.59 Å². The molecule has 1 aliphatic heterocycles. The van der Waals surface area contributed by atoms with E-state index in [0.717, 1.165) is 22.2 Å². The van der Waals surface area contributed by atoms with E-state index >= 15 is 0 Å². The lowest BCUT2D eigenvalue weighted by Gasteiger charge is -2.26. The third kappa shape index (κ3) is 3.23. The zero-order chi connectivity index (χ0) is 19.9. The Morgan fingerprint density at radius 1 is 1.48 bits per heavy atom. The number of aromatic nitrogens is 4. The van der Waals surface area contributed by atoms with Gasteiger partial charge in [0.05, 0.1) is 12.7 Å². The Kier molecular flexibility index (Phi) is 5.05. The maximum atomic E-state index is 12.6. The number of carbonyl (C=O) groups is 1. The van der Waals surface area contributed by atoms with Crippen LogP contribution < -0.4 is 17.0 Å². The average molecular weight is 398 g/mol. The summed E-state index contributed by atoms with van der Waals surface area (Å²) in [6, 6.07) is 0. The van der Waals surface area contributed by atoms with Crippen molar-refractivity contribution in [3.63, 3.8) is 0 Å². The normalized spacial score (nSPS) is 27.9. The standard InChI is InChI=1S/C14H18N6O6S/c1-14(25)6(26-5(2-21)9(14)22)3-27-20-12-7(10(15)17-4-18-12)19-8(11(16)23)13(20)24/h4-6,9,21-22,25H,2-3H2,1H3,(H2,16,23)(H2,15,17,18). The largest absolute Gasteiger partial charge is 0.394 e. The van der Waals surface area contributed by atoms with Crippen LogP contribution in [0.15, 0.2) is 11.1 Å². The van der Waals surface area contributed by atoms with Crippen LogP contribution in [0.4, 0.5) is 5.82 Å². The van der Waals surface area contributed by atoms with E-state index in [1.807, 2.05) is 0 Å². The molecule has 0 bridgehead atoms. The van der Waals surface area contributed by atoms with Gasteiger partial charge in [0.25, 0.3) is 11.5 Å². The van der Waals surface area contributed by atoms with Crippen LogP contribution >= 0.6 is 11.9 Å². The van der Waals surface area contributed by atoms with Gasteiger partial charge in [-0.25, -0.2) is 18.9 Å². The predicted octanol–water partition coefficient (Wildman–Crippen LogP) is -2.76. The zero-order valence-electron chi connectivity index (χ0n) is 14.1. The van der Waals surface area contributed by atoms with E-state index in [2.05, 4.69) is 15.0 Å². The molecule has 27 heavy (non-hydrogen) atoms. The van der Waals surface area contributed by atoms with E-state index in [1.165, 1.54) is 6.92 Å². The highest BCUT2D eigenvalue weighted by atomic mass is 32.2. The third-order valence-electron chi connectivity index (χ3n) is 4.34. The van der Waals surface area contributed by atoms with Crippen molar-refractivity contribution in [3.05, 3.63) is 22.4 Å². The molecule has 4 atom stereocenters. The fourth-order valence-corrected chi connectivity index (χ4v) is 3.91. The molecule has 13 heteroatoms. The summed E-state index contributed by atoms with van der Waals surface area (Å²) in [5.41, 5.74) is 8.02. The molecule has 146 valence electrons. The minimum absolute atomic E-state index is 0.0122. The number of rotatable bonds is 5. The van der Waals surface area contributed by atoms with Crippen molar-refractivity contribution in [1.29, 1.82) is 0 Å². The molecule has 0 spiro atoms. The molecular weight excluding hydrogens is 380 g/mol. The minimum atomic E-state index is -1.66. The summed E-state index contributed by atoms with van der Waals surface area (Å²) in [4.78, 5) is 35.7. The second kappa shape index (κ2) is 7.01. The Morgan fingerprint density at radius 3 is 2.78 bits per heavy atom. The summed E-state index contributed by atoms with van der Waals surface area (Å²) < 4.78 is 6.52. The van der Waals surface area contributed by atoms with Crippen molar-refractivity contribution >= 4 is 34.8 Å². The second-order valence-electron chi connectivity index (χ2n) is 6.17. The first-order chi connectivity index (χ1) is 12.7. The molecule has 1 amide bonds. The van der Waals surface area contributed by atoms with Crippen molar-refractivity contribution in [2.24, 2.45) is 5.73 Å². The van der Waals surface area contributed by atoms with Crippen molar-refractivity contribution in [2.75, 3.05) is 18.1 Å². The van der Waals surface area contributed by atoms with E-state index in [9.17, 15) is 24.9 Å². The number of primary amides is 1. The van der Waals surface area contributed by atoms with Gasteiger partial charge in [0.15, 0.2) is 22.7 Å². The van der Waals surface area contributed by atoms with Gasteiger partial charge in [-0.15, -0.1) is 0 Å². The Bertz CT molecular complexity index is 950. The van der Waals surface area contributed by atoms with Gasteiger partial charge in [0, 0.05) is 5.75 Å². The number of ether oxygens (including phenoxy) is 1. The fourth-order valence-electron chi connectivity index (χ4n) is 2.75. The Morgan fingerprint density at radius 2 is 2.19 bits per heavy atom. The summed E-state index contributed by atoms with van der Waals surface area (Å²) >= 11 is 0.864.